The van der Waals surface area contributed by atoms with E-state index in [-0.39, 0.29) is 24.4 Å². The number of aryl methyl sites for hydroxylation is 1. The fourth-order valence-corrected chi connectivity index (χ4v) is 2.88. The first-order valence-electron chi connectivity index (χ1n) is 5.33. The van der Waals surface area contributed by atoms with Crippen molar-refractivity contribution in [3.8, 4) is 0 Å². The standard InChI is InChI=1S/C11H16N2OS.ClH/c1-2-8-4-6-15-10(8)11(14)13-5-3-9(12)7-13;/h4,6,9H,2-3,5,7,12H2,1H3;1H/t9-;/m1./s1. The van der Waals surface area contributed by atoms with Crippen LogP contribution in [0.3, 0.4) is 0 Å². The lowest BCUT2D eigenvalue weighted by Gasteiger charge is -2.15. The summed E-state index contributed by atoms with van der Waals surface area (Å²) in [5.74, 6) is 0.162. The van der Waals surface area contributed by atoms with Gasteiger partial charge in [-0.1, -0.05) is 6.92 Å². The first-order chi connectivity index (χ1) is 7.22. The number of nitrogens with two attached hydrogens (primary N) is 1. The van der Waals surface area contributed by atoms with Crippen LogP contribution in [0.5, 0.6) is 0 Å². The van der Waals surface area contributed by atoms with Crippen LogP contribution >= 0.6 is 23.7 Å². The zero-order valence-electron chi connectivity index (χ0n) is 9.31. The van der Waals surface area contributed by atoms with Crippen molar-refractivity contribution in [3.05, 3.63) is 21.9 Å². The fourth-order valence-electron chi connectivity index (χ4n) is 1.92. The third-order valence-electron chi connectivity index (χ3n) is 2.83. The summed E-state index contributed by atoms with van der Waals surface area (Å²) >= 11 is 1.54. The Labute approximate surface area is 106 Å². The van der Waals surface area contributed by atoms with Crippen molar-refractivity contribution in [2.24, 2.45) is 5.73 Å². The van der Waals surface area contributed by atoms with Gasteiger partial charge in [-0.2, -0.15) is 0 Å². The summed E-state index contributed by atoms with van der Waals surface area (Å²) in [6.07, 6.45) is 1.85. The van der Waals surface area contributed by atoms with E-state index in [1.165, 1.54) is 11.3 Å². The van der Waals surface area contributed by atoms with Gasteiger partial charge in [-0.3, -0.25) is 4.79 Å². The van der Waals surface area contributed by atoms with E-state index in [9.17, 15) is 4.79 Å². The summed E-state index contributed by atoms with van der Waals surface area (Å²) in [5, 5.41) is 1.99. The highest BCUT2D eigenvalue weighted by atomic mass is 35.5. The molecule has 0 spiro atoms. The van der Waals surface area contributed by atoms with E-state index in [1.54, 1.807) is 0 Å². The minimum Gasteiger partial charge on any atom is -0.336 e. The number of thiophene rings is 1. The van der Waals surface area contributed by atoms with E-state index in [0.717, 1.165) is 29.8 Å². The molecule has 3 nitrogen and oxygen atoms in total. The molecule has 1 aliphatic rings. The van der Waals surface area contributed by atoms with Crippen LogP contribution in [0.25, 0.3) is 0 Å². The van der Waals surface area contributed by atoms with Gasteiger partial charge in [0, 0.05) is 19.1 Å². The lowest BCUT2D eigenvalue weighted by Crippen LogP contribution is -2.31. The number of hydrogen-bond donors (Lipinski definition) is 1. The van der Waals surface area contributed by atoms with Crippen LogP contribution in [0.2, 0.25) is 0 Å². The third-order valence-corrected chi connectivity index (χ3v) is 3.78. The second-order valence-corrected chi connectivity index (χ2v) is 4.84. The van der Waals surface area contributed by atoms with Crippen molar-refractivity contribution in [2.75, 3.05) is 13.1 Å². The van der Waals surface area contributed by atoms with Crippen LogP contribution in [0, 0.1) is 0 Å². The monoisotopic (exact) mass is 260 g/mol. The molecule has 16 heavy (non-hydrogen) atoms. The zero-order valence-corrected chi connectivity index (χ0v) is 10.9. The SMILES string of the molecule is CCc1ccsc1C(=O)N1CC[C@@H](N)C1.Cl. The smallest absolute Gasteiger partial charge is 0.264 e. The Morgan fingerprint density at radius 3 is 3.00 bits per heavy atom. The lowest BCUT2D eigenvalue weighted by atomic mass is 10.2. The molecule has 90 valence electrons. The van der Waals surface area contributed by atoms with Gasteiger partial charge in [-0.05, 0) is 29.9 Å². The van der Waals surface area contributed by atoms with Crippen LogP contribution in [-0.4, -0.2) is 29.9 Å². The highest BCUT2D eigenvalue weighted by Gasteiger charge is 2.26. The number of nitrogens with zero attached hydrogens (tertiary/aromatic N) is 1. The Morgan fingerprint density at radius 2 is 2.44 bits per heavy atom. The third kappa shape index (κ3) is 2.56. The molecule has 1 atom stereocenters. The van der Waals surface area contributed by atoms with E-state index in [1.807, 2.05) is 16.3 Å². The average Bonchev–Trinajstić information content (AvgIpc) is 2.84. The number of amides is 1. The fraction of sp³-hybridized carbons (Fsp3) is 0.545. The predicted octanol–water partition coefficient (Wildman–Crippen LogP) is 1.91. The van der Waals surface area contributed by atoms with Crippen LogP contribution < -0.4 is 5.73 Å². The molecular formula is C11H17ClN2OS. The minimum atomic E-state index is 0. The molecule has 0 saturated carbocycles. The second-order valence-electron chi connectivity index (χ2n) is 3.93. The van der Waals surface area contributed by atoms with Gasteiger partial charge < -0.3 is 10.6 Å². The Balaban J connectivity index is 0.00000128. The highest BCUT2D eigenvalue weighted by molar-refractivity contribution is 7.12. The predicted molar refractivity (Wildman–Crippen MR) is 69.4 cm³/mol. The number of hydrogen-bond acceptors (Lipinski definition) is 3. The number of halogens is 1. The van der Waals surface area contributed by atoms with Crippen molar-refractivity contribution in [1.29, 1.82) is 0 Å². The van der Waals surface area contributed by atoms with Crippen molar-refractivity contribution < 1.29 is 4.79 Å². The molecule has 1 aliphatic heterocycles. The molecular weight excluding hydrogens is 244 g/mol. The molecule has 0 aliphatic carbocycles. The maximum atomic E-state index is 12.1. The average molecular weight is 261 g/mol. The molecule has 1 aromatic heterocycles. The zero-order chi connectivity index (χ0) is 10.8. The van der Waals surface area contributed by atoms with Crippen LogP contribution in [0.1, 0.15) is 28.6 Å². The normalized spacial score (nSPS) is 19.6. The van der Waals surface area contributed by atoms with Crippen molar-refractivity contribution >= 4 is 29.7 Å². The van der Waals surface area contributed by atoms with E-state index >= 15 is 0 Å². The summed E-state index contributed by atoms with van der Waals surface area (Å²) in [7, 11) is 0. The molecule has 5 heteroatoms. The first kappa shape index (κ1) is 13.5. The first-order valence-corrected chi connectivity index (χ1v) is 6.21. The van der Waals surface area contributed by atoms with Crippen molar-refractivity contribution in [2.45, 2.75) is 25.8 Å². The topological polar surface area (TPSA) is 46.3 Å². The van der Waals surface area contributed by atoms with Gasteiger partial charge in [0.05, 0.1) is 4.88 Å². The van der Waals surface area contributed by atoms with Gasteiger partial charge in [0.15, 0.2) is 0 Å². The number of carbonyl (C=O) groups is 1. The molecule has 0 unspecified atom stereocenters. The Hall–Kier alpha value is -0.580. The molecule has 1 fully saturated rings. The van der Waals surface area contributed by atoms with E-state index in [4.69, 9.17) is 5.73 Å². The van der Waals surface area contributed by atoms with Crippen LogP contribution in [0.4, 0.5) is 0 Å². The van der Waals surface area contributed by atoms with Gasteiger partial charge in [0.2, 0.25) is 0 Å². The molecule has 0 aromatic carbocycles. The Morgan fingerprint density at radius 1 is 1.69 bits per heavy atom. The van der Waals surface area contributed by atoms with E-state index < -0.39 is 0 Å². The van der Waals surface area contributed by atoms with Crippen molar-refractivity contribution in [1.82, 2.24) is 4.90 Å². The molecule has 2 rings (SSSR count). The number of likely N-dealkylation sites (tertiary alicyclic amines) is 1. The maximum Gasteiger partial charge on any atom is 0.264 e. The molecule has 1 aromatic rings. The molecule has 2 N–H and O–H groups in total. The summed E-state index contributed by atoms with van der Waals surface area (Å²) in [4.78, 5) is 14.9. The largest absolute Gasteiger partial charge is 0.336 e. The molecule has 2 heterocycles. The van der Waals surface area contributed by atoms with E-state index in [0.29, 0.717) is 6.54 Å². The van der Waals surface area contributed by atoms with Crippen LogP contribution in [0.15, 0.2) is 11.4 Å². The molecule has 1 saturated heterocycles. The van der Waals surface area contributed by atoms with Gasteiger partial charge in [-0.25, -0.2) is 0 Å². The number of carbonyl (C=O) groups excluding carboxylic acids is 1. The summed E-state index contributed by atoms with van der Waals surface area (Å²) in [5.41, 5.74) is 6.95. The quantitative estimate of drug-likeness (QED) is 0.883. The maximum absolute atomic E-state index is 12.1. The van der Waals surface area contributed by atoms with Gasteiger partial charge >= 0.3 is 0 Å². The summed E-state index contributed by atoms with van der Waals surface area (Å²) in [6, 6.07) is 2.20. The van der Waals surface area contributed by atoms with Gasteiger partial charge in [0.25, 0.3) is 5.91 Å². The Bertz CT molecular complexity index is 367. The van der Waals surface area contributed by atoms with Gasteiger partial charge in [0.1, 0.15) is 0 Å². The summed E-state index contributed by atoms with van der Waals surface area (Å²) in [6.45, 7) is 3.59. The highest BCUT2D eigenvalue weighted by Crippen LogP contribution is 2.21. The Kier molecular flexibility index (Phi) is 4.77. The van der Waals surface area contributed by atoms with Crippen molar-refractivity contribution in [3.63, 3.8) is 0 Å². The van der Waals surface area contributed by atoms with Gasteiger partial charge in [-0.15, -0.1) is 23.7 Å². The van der Waals surface area contributed by atoms with E-state index in [2.05, 4.69) is 6.92 Å². The van der Waals surface area contributed by atoms with Crippen LogP contribution in [-0.2, 0) is 6.42 Å². The summed E-state index contributed by atoms with van der Waals surface area (Å²) < 4.78 is 0. The second kappa shape index (κ2) is 5.66. The molecule has 0 radical (unpaired) electrons. The number of rotatable bonds is 2. The molecule has 1 amide bonds. The minimum absolute atomic E-state index is 0. The molecule has 0 bridgehead atoms. The lowest BCUT2D eigenvalue weighted by molar-refractivity contribution is 0.0794.